The monoisotopic (exact) mass is 471 g/mol. The molecule has 3 aromatic rings. The zero-order valence-corrected chi connectivity index (χ0v) is 21.5. The first-order valence-corrected chi connectivity index (χ1v) is 12.6. The summed E-state index contributed by atoms with van der Waals surface area (Å²) < 4.78 is 42.5. The summed E-state index contributed by atoms with van der Waals surface area (Å²) in [6.07, 6.45) is -1.17. The van der Waals surface area contributed by atoms with E-state index in [9.17, 15) is 13.2 Å². The third-order valence-electron chi connectivity index (χ3n) is 8.46. The first kappa shape index (κ1) is 22.9. The molecule has 2 unspecified atom stereocenters. The van der Waals surface area contributed by atoms with Gasteiger partial charge in [0.05, 0.1) is 15.6 Å². The molecule has 0 radical (unpaired) electrons. The van der Waals surface area contributed by atoms with Gasteiger partial charge in [-0.3, -0.25) is 4.98 Å². The van der Waals surface area contributed by atoms with Crippen LogP contribution in [0.5, 0.6) is 0 Å². The highest BCUT2D eigenvalue weighted by Gasteiger charge is 2.66. The van der Waals surface area contributed by atoms with Crippen LogP contribution in [0, 0.1) is 19.3 Å². The maximum Gasteiger partial charge on any atom is 0.394 e. The number of halogens is 3. The van der Waals surface area contributed by atoms with Crippen molar-refractivity contribution < 1.29 is 13.2 Å². The number of thiophene rings is 1. The number of hydrogen-bond donors (Lipinski definition) is 0. The Morgan fingerprint density at radius 1 is 1.09 bits per heavy atom. The topological polar surface area (TPSA) is 12.9 Å². The zero-order valence-electron chi connectivity index (χ0n) is 20.7. The van der Waals surface area contributed by atoms with E-state index in [0.717, 1.165) is 27.1 Å². The smallest absolute Gasteiger partial charge is 0.255 e. The predicted octanol–water partition coefficient (Wildman–Crippen LogP) is 8.77. The molecule has 0 spiro atoms. The fourth-order valence-corrected chi connectivity index (χ4v) is 8.03. The molecule has 0 amide bonds. The van der Waals surface area contributed by atoms with Crippen molar-refractivity contribution in [3.63, 3.8) is 0 Å². The molecule has 176 valence electrons. The summed E-state index contributed by atoms with van der Waals surface area (Å²) in [5.74, 6) is 0.104. The third-order valence-corrected chi connectivity index (χ3v) is 9.67. The normalized spacial score (nSPS) is 24.1. The van der Waals surface area contributed by atoms with Crippen molar-refractivity contribution in [1.29, 1.82) is 0 Å². The van der Waals surface area contributed by atoms with Gasteiger partial charge in [0.1, 0.15) is 0 Å². The van der Waals surface area contributed by atoms with E-state index in [-0.39, 0.29) is 23.2 Å². The quantitative estimate of drug-likeness (QED) is 0.372. The summed E-state index contributed by atoms with van der Waals surface area (Å²) in [6.45, 7) is 15.7. The Morgan fingerprint density at radius 3 is 2.36 bits per heavy atom. The van der Waals surface area contributed by atoms with Gasteiger partial charge in [-0.1, -0.05) is 59.2 Å². The number of aromatic nitrogens is 1. The van der Waals surface area contributed by atoms with Crippen molar-refractivity contribution in [2.45, 2.75) is 91.2 Å². The van der Waals surface area contributed by atoms with Gasteiger partial charge in [-0.25, -0.2) is 0 Å². The lowest BCUT2D eigenvalue weighted by molar-refractivity contribution is -0.210. The molecule has 1 nitrogen and oxygen atoms in total. The summed E-state index contributed by atoms with van der Waals surface area (Å²) in [5.41, 5.74) is 7.85. The number of alkyl halides is 3. The van der Waals surface area contributed by atoms with E-state index >= 15 is 0 Å². The molecule has 1 aromatic carbocycles. The molecule has 5 heteroatoms. The number of aryl methyl sites for hydroxylation is 2. The highest BCUT2D eigenvalue weighted by Crippen LogP contribution is 2.72. The molecule has 0 bridgehead atoms. The lowest BCUT2D eigenvalue weighted by atomic mass is 9.71. The standard InChI is InChI=1S/C28H32F3NS/c1-14(2)20-19(11-25(5,6)28(29,30)31)33-24-21-17-10-15(3)9-16(4)22(17)27(8)13-26(27,7)18(21)12-32-23(20)24/h9-10,12,14H,11,13H2,1-8H3. The van der Waals surface area contributed by atoms with Crippen molar-refractivity contribution in [2.24, 2.45) is 5.41 Å². The highest BCUT2D eigenvalue weighted by atomic mass is 32.1. The van der Waals surface area contributed by atoms with Gasteiger partial charge in [0.15, 0.2) is 0 Å². The predicted molar refractivity (Wildman–Crippen MR) is 131 cm³/mol. The van der Waals surface area contributed by atoms with Crippen LogP contribution in [0.25, 0.3) is 21.3 Å². The molecule has 1 fully saturated rings. The van der Waals surface area contributed by atoms with Gasteiger partial charge >= 0.3 is 6.18 Å². The van der Waals surface area contributed by atoms with Crippen molar-refractivity contribution in [3.05, 3.63) is 51.0 Å². The molecular formula is C28H32F3NS. The van der Waals surface area contributed by atoms with E-state index in [0.29, 0.717) is 0 Å². The van der Waals surface area contributed by atoms with Gasteiger partial charge in [0, 0.05) is 27.5 Å². The molecule has 0 aliphatic heterocycles. The van der Waals surface area contributed by atoms with Crippen LogP contribution in [-0.2, 0) is 17.3 Å². The van der Waals surface area contributed by atoms with Gasteiger partial charge in [-0.05, 0) is 60.4 Å². The second kappa shape index (κ2) is 6.62. The SMILES string of the molecule is Cc1cc(C)c2c(c1)-c1c(cnc3c(C(C)C)c(CC(C)(C)C(F)(F)F)sc13)C1(C)CC21C. The van der Waals surface area contributed by atoms with Crippen LogP contribution in [0.15, 0.2) is 18.3 Å². The van der Waals surface area contributed by atoms with Crippen LogP contribution in [0.3, 0.4) is 0 Å². The maximum atomic E-state index is 13.8. The lowest BCUT2D eigenvalue weighted by Crippen LogP contribution is -2.34. The zero-order chi connectivity index (χ0) is 24.3. The van der Waals surface area contributed by atoms with E-state index < -0.39 is 11.6 Å². The van der Waals surface area contributed by atoms with Crippen LogP contribution in [0.1, 0.15) is 86.6 Å². The molecule has 2 aromatic heterocycles. The fourth-order valence-electron chi connectivity index (χ4n) is 6.33. The van der Waals surface area contributed by atoms with E-state index in [1.54, 1.807) is 11.3 Å². The molecule has 2 atom stereocenters. The van der Waals surface area contributed by atoms with E-state index in [2.05, 4.69) is 53.7 Å². The van der Waals surface area contributed by atoms with Gasteiger partial charge in [-0.2, -0.15) is 13.2 Å². The van der Waals surface area contributed by atoms with Crippen molar-refractivity contribution in [3.8, 4) is 11.1 Å². The molecule has 0 saturated heterocycles. The molecule has 5 rings (SSSR count). The van der Waals surface area contributed by atoms with E-state index in [4.69, 9.17) is 4.98 Å². The first-order valence-electron chi connectivity index (χ1n) is 11.8. The Balaban J connectivity index is 1.84. The van der Waals surface area contributed by atoms with Crippen LogP contribution < -0.4 is 0 Å². The van der Waals surface area contributed by atoms with Crippen LogP contribution in [-0.4, -0.2) is 11.2 Å². The van der Waals surface area contributed by atoms with Crippen molar-refractivity contribution in [1.82, 2.24) is 4.98 Å². The molecule has 33 heavy (non-hydrogen) atoms. The second-order valence-electron chi connectivity index (χ2n) is 11.7. The largest absolute Gasteiger partial charge is 0.394 e. The molecule has 0 N–H and O–H groups in total. The minimum absolute atomic E-state index is 0.0178. The summed E-state index contributed by atoms with van der Waals surface area (Å²) >= 11 is 1.54. The molecule has 1 saturated carbocycles. The Bertz CT molecular complexity index is 1310. The van der Waals surface area contributed by atoms with Crippen LogP contribution >= 0.6 is 11.3 Å². The second-order valence-corrected chi connectivity index (χ2v) is 12.8. The highest BCUT2D eigenvalue weighted by molar-refractivity contribution is 7.19. The minimum Gasteiger partial charge on any atom is -0.255 e. The third kappa shape index (κ3) is 2.93. The Labute approximate surface area is 198 Å². The Morgan fingerprint density at radius 2 is 1.76 bits per heavy atom. The van der Waals surface area contributed by atoms with Crippen molar-refractivity contribution in [2.75, 3.05) is 0 Å². The van der Waals surface area contributed by atoms with E-state index in [1.165, 1.54) is 47.2 Å². The number of benzene rings is 1. The number of hydrogen-bond acceptors (Lipinski definition) is 2. The fraction of sp³-hybridized carbons (Fsp3) is 0.536. The number of rotatable bonds is 3. The van der Waals surface area contributed by atoms with Gasteiger partial charge in [-0.15, -0.1) is 11.3 Å². The average molecular weight is 472 g/mol. The summed E-state index contributed by atoms with van der Waals surface area (Å²) in [7, 11) is 0. The minimum atomic E-state index is -4.26. The Kier molecular flexibility index (Phi) is 4.59. The molecule has 2 heterocycles. The Hall–Kier alpha value is -1.88. The van der Waals surface area contributed by atoms with Crippen molar-refractivity contribution >= 4 is 21.6 Å². The average Bonchev–Trinajstić information content (AvgIpc) is 3.06. The first-order chi connectivity index (χ1) is 15.1. The molecule has 2 aliphatic carbocycles. The van der Waals surface area contributed by atoms with Crippen LogP contribution in [0.4, 0.5) is 13.2 Å². The summed E-state index contributed by atoms with van der Waals surface area (Å²) in [6, 6.07) is 4.54. The summed E-state index contributed by atoms with van der Waals surface area (Å²) in [5, 5.41) is 0. The maximum absolute atomic E-state index is 13.8. The number of fused-ring (bicyclic) bond motifs is 8. The van der Waals surface area contributed by atoms with Crippen LogP contribution in [0.2, 0.25) is 0 Å². The number of nitrogens with zero attached hydrogens (tertiary/aromatic N) is 1. The molecular weight excluding hydrogens is 439 g/mol. The molecule has 2 aliphatic rings. The van der Waals surface area contributed by atoms with Gasteiger partial charge in [0.2, 0.25) is 0 Å². The van der Waals surface area contributed by atoms with Gasteiger partial charge in [0.25, 0.3) is 0 Å². The number of pyridine rings is 1. The lowest BCUT2D eigenvalue weighted by Gasteiger charge is -2.32. The van der Waals surface area contributed by atoms with Gasteiger partial charge < -0.3 is 0 Å². The summed E-state index contributed by atoms with van der Waals surface area (Å²) in [4.78, 5) is 5.75. The van der Waals surface area contributed by atoms with E-state index in [1.807, 2.05) is 6.20 Å².